The molecule has 1 fully saturated rings. The zero-order chi connectivity index (χ0) is 12.7. The molecule has 0 spiro atoms. The van der Waals surface area contributed by atoms with Crippen molar-refractivity contribution in [2.75, 3.05) is 0 Å². The quantitative estimate of drug-likeness (QED) is 0.788. The number of hydrogen-bond acceptors (Lipinski definition) is 1. The zero-order valence-electron chi connectivity index (χ0n) is 9.93. The number of nitrogens with one attached hydrogen (secondary N) is 1. The van der Waals surface area contributed by atoms with Gasteiger partial charge in [-0.2, -0.15) is 13.2 Å². The van der Waals surface area contributed by atoms with E-state index in [1.807, 2.05) is 13.8 Å². The fourth-order valence-corrected chi connectivity index (χ4v) is 2.41. The van der Waals surface area contributed by atoms with Crippen molar-refractivity contribution in [1.82, 2.24) is 5.32 Å². The number of rotatable bonds is 1. The van der Waals surface area contributed by atoms with Gasteiger partial charge in [-0.3, -0.25) is 0 Å². The fraction of sp³-hybridized carbons (Fsp3) is 0.538. The Kier molecular flexibility index (Phi) is 2.94. The van der Waals surface area contributed by atoms with Crippen LogP contribution in [0.4, 0.5) is 13.2 Å². The Bertz CT molecular complexity index is 409. The SMILES string of the molecule is CC1(C)CCC(c2ccccc2C(F)(F)F)N1. The van der Waals surface area contributed by atoms with Gasteiger partial charge in [0, 0.05) is 11.6 Å². The topological polar surface area (TPSA) is 12.0 Å². The largest absolute Gasteiger partial charge is 0.416 e. The molecule has 0 aromatic heterocycles. The van der Waals surface area contributed by atoms with Gasteiger partial charge < -0.3 is 5.32 Å². The maximum Gasteiger partial charge on any atom is 0.416 e. The third kappa shape index (κ3) is 2.63. The number of halogens is 3. The van der Waals surface area contributed by atoms with E-state index in [1.54, 1.807) is 12.1 Å². The summed E-state index contributed by atoms with van der Waals surface area (Å²) >= 11 is 0. The van der Waals surface area contributed by atoms with Gasteiger partial charge in [0.2, 0.25) is 0 Å². The van der Waals surface area contributed by atoms with Crippen molar-refractivity contribution >= 4 is 0 Å². The first kappa shape index (κ1) is 12.4. The Morgan fingerprint density at radius 3 is 2.41 bits per heavy atom. The molecule has 0 aliphatic carbocycles. The third-order valence-corrected chi connectivity index (χ3v) is 3.26. The molecule has 4 heteroatoms. The second-order valence-electron chi connectivity index (χ2n) is 5.20. The molecule has 1 heterocycles. The molecular formula is C13H16F3N. The lowest BCUT2D eigenvalue weighted by atomic mass is 9.98. The minimum Gasteiger partial charge on any atom is -0.305 e. The van der Waals surface area contributed by atoms with Crippen LogP contribution in [0.25, 0.3) is 0 Å². The van der Waals surface area contributed by atoms with Crippen LogP contribution in [0.2, 0.25) is 0 Å². The summed E-state index contributed by atoms with van der Waals surface area (Å²) in [5.74, 6) is 0. The predicted molar refractivity (Wildman–Crippen MR) is 60.6 cm³/mol. The molecule has 1 aromatic carbocycles. The van der Waals surface area contributed by atoms with Gasteiger partial charge in [0.15, 0.2) is 0 Å². The van der Waals surface area contributed by atoms with Crippen LogP contribution in [0.1, 0.15) is 43.9 Å². The lowest BCUT2D eigenvalue weighted by Crippen LogP contribution is -2.34. The average molecular weight is 243 g/mol. The number of alkyl halides is 3. The zero-order valence-corrected chi connectivity index (χ0v) is 9.93. The van der Waals surface area contributed by atoms with Crippen LogP contribution in [0.3, 0.4) is 0 Å². The van der Waals surface area contributed by atoms with Gasteiger partial charge in [-0.25, -0.2) is 0 Å². The van der Waals surface area contributed by atoms with Crippen molar-refractivity contribution in [3.8, 4) is 0 Å². The Labute approximate surface area is 99.0 Å². The van der Waals surface area contributed by atoms with Gasteiger partial charge >= 0.3 is 6.18 Å². The van der Waals surface area contributed by atoms with Crippen molar-refractivity contribution in [3.63, 3.8) is 0 Å². The molecule has 2 rings (SSSR count). The van der Waals surface area contributed by atoms with E-state index in [4.69, 9.17) is 0 Å². The highest BCUT2D eigenvalue weighted by Crippen LogP contribution is 2.39. The van der Waals surface area contributed by atoms with Gasteiger partial charge in [-0.15, -0.1) is 0 Å². The maximum absolute atomic E-state index is 12.9. The van der Waals surface area contributed by atoms with Gasteiger partial charge in [-0.05, 0) is 38.3 Å². The second kappa shape index (κ2) is 4.02. The summed E-state index contributed by atoms with van der Waals surface area (Å²) in [6, 6.07) is 5.64. The number of hydrogen-bond donors (Lipinski definition) is 1. The van der Waals surface area contributed by atoms with Crippen molar-refractivity contribution in [1.29, 1.82) is 0 Å². The summed E-state index contributed by atoms with van der Waals surface area (Å²) in [6.45, 7) is 4.03. The summed E-state index contributed by atoms with van der Waals surface area (Å²) in [7, 11) is 0. The van der Waals surface area contributed by atoms with Crippen LogP contribution in [0.15, 0.2) is 24.3 Å². The van der Waals surface area contributed by atoms with Gasteiger partial charge in [0.05, 0.1) is 5.56 Å². The first-order valence-electron chi connectivity index (χ1n) is 5.73. The van der Waals surface area contributed by atoms with Crippen LogP contribution in [-0.4, -0.2) is 5.54 Å². The number of benzene rings is 1. The molecule has 1 nitrogen and oxygen atoms in total. The highest BCUT2D eigenvalue weighted by molar-refractivity contribution is 5.33. The molecule has 1 aromatic rings. The van der Waals surface area contributed by atoms with Crippen molar-refractivity contribution in [2.24, 2.45) is 0 Å². The van der Waals surface area contributed by atoms with Gasteiger partial charge in [0.1, 0.15) is 0 Å². The highest BCUT2D eigenvalue weighted by Gasteiger charge is 2.38. The molecule has 0 amide bonds. The smallest absolute Gasteiger partial charge is 0.305 e. The van der Waals surface area contributed by atoms with Crippen molar-refractivity contribution < 1.29 is 13.2 Å². The molecule has 1 saturated heterocycles. The Morgan fingerprint density at radius 1 is 1.24 bits per heavy atom. The molecule has 1 atom stereocenters. The molecule has 1 unspecified atom stereocenters. The van der Waals surface area contributed by atoms with E-state index >= 15 is 0 Å². The van der Waals surface area contributed by atoms with Crippen LogP contribution in [-0.2, 0) is 6.18 Å². The molecule has 1 aliphatic rings. The predicted octanol–water partition coefficient (Wildman–Crippen LogP) is 3.91. The molecule has 94 valence electrons. The van der Waals surface area contributed by atoms with Gasteiger partial charge in [-0.1, -0.05) is 18.2 Å². The molecule has 1 N–H and O–H groups in total. The first-order valence-corrected chi connectivity index (χ1v) is 5.73. The minimum absolute atomic E-state index is 0.0800. The van der Waals surface area contributed by atoms with Crippen LogP contribution in [0, 0.1) is 0 Å². The summed E-state index contributed by atoms with van der Waals surface area (Å²) < 4.78 is 38.6. The molecule has 0 saturated carbocycles. The molecule has 17 heavy (non-hydrogen) atoms. The second-order valence-corrected chi connectivity index (χ2v) is 5.20. The maximum atomic E-state index is 12.9. The lowest BCUT2D eigenvalue weighted by Gasteiger charge is -2.22. The van der Waals surface area contributed by atoms with E-state index in [1.165, 1.54) is 6.07 Å². The van der Waals surface area contributed by atoms with E-state index in [-0.39, 0.29) is 11.6 Å². The summed E-state index contributed by atoms with van der Waals surface area (Å²) in [6.07, 6.45) is -2.63. The Balaban J connectivity index is 2.34. The van der Waals surface area contributed by atoms with E-state index in [0.717, 1.165) is 18.9 Å². The van der Waals surface area contributed by atoms with Gasteiger partial charge in [0.25, 0.3) is 0 Å². The van der Waals surface area contributed by atoms with Crippen molar-refractivity contribution in [3.05, 3.63) is 35.4 Å². The fourth-order valence-electron chi connectivity index (χ4n) is 2.41. The monoisotopic (exact) mass is 243 g/mol. The van der Waals surface area contributed by atoms with Crippen LogP contribution >= 0.6 is 0 Å². The average Bonchev–Trinajstić information content (AvgIpc) is 2.58. The Hall–Kier alpha value is -1.03. The summed E-state index contributed by atoms with van der Waals surface area (Å²) in [5.41, 5.74) is -0.232. The van der Waals surface area contributed by atoms with E-state index in [9.17, 15) is 13.2 Å². The summed E-state index contributed by atoms with van der Waals surface area (Å²) in [5, 5.41) is 3.26. The van der Waals surface area contributed by atoms with Crippen LogP contribution < -0.4 is 5.32 Å². The van der Waals surface area contributed by atoms with Crippen LogP contribution in [0.5, 0.6) is 0 Å². The standard InChI is InChI=1S/C13H16F3N/c1-12(2)8-7-11(17-12)9-5-3-4-6-10(9)13(14,15)16/h3-6,11,17H,7-8H2,1-2H3. The van der Waals surface area contributed by atoms with Crippen molar-refractivity contribution in [2.45, 2.75) is 44.4 Å². The Morgan fingerprint density at radius 2 is 1.88 bits per heavy atom. The molecule has 0 radical (unpaired) electrons. The summed E-state index contributed by atoms with van der Waals surface area (Å²) in [4.78, 5) is 0. The first-order chi connectivity index (χ1) is 7.80. The lowest BCUT2D eigenvalue weighted by molar-refractivity contribution is -0.138. The third-order valence-electron chi connectivity index (χ3n) is 3.26. The highest BCUT2D eigenvalue weighted by atomic mass is 19.4. The van der Waals surface area contributed by atoms with E-state index in [2.05, 4.69) is 5.32 Å². The normalized spacial score (nSPS) is 23.9. The van der Waals surface area contributed by atoms with E-state index < -0.39 is 11.7 Å². The molecule has 0 bridgehead atoms. The minimum atomic E-state index is -4.27. The molecular weight excluding hydrogens is 227 g/mol. The molecule has 1 aliphatic heterocycles. The van der Waals surface area contributed by atoms with E-state index in [0.29, 0.717) is 5.56 Å².